The Labute approximate surface area is 107 Å². The molecule has 2 nitrogen and oxygen atoms in total. The molecule has 98 valence electrons. The minimum atomic E-state index is -0.242. The van der Waals surface area contributed by atoms with Gasteiger partial charge in [0.1, 0.15) is 12.1 Å². The number of rotatable bonds is 3. The molecule has 2 N–H and O–H groups in total. The summed E-state index contributed by atoms with van der Waals surface area (Å²) >= 11 is 0. The number of carbonyl (C=O) groups is 1. The molecule has 0 atom stereocenters. The SMILES string of the molecule is Cc1cc(C=O)c(C2(CN)CCCCC2)cc1F. The van der Waals surface area contributed by atoms with Crippen LogP contribution in [0.1, 0.15) is 53.6 Å². The zero-order chi connectivity index (χ0) is 13.2. The molecule has 1 saturated carbocycles. The number of nitrogens with two attached hydrogens (primary N) is 1. The van der Waals surface area contributed by atoms with E-state index in [2.05, 4.69) is 0 Å². The van der Waals surface area contributed by atoms with E-state index in [1.54, 1.807) is 13.0 Å². The first-order valence-electron chi connectivity index (χ1n) is 6.59. The van der Waals surface area contributed by atoms with Gasteiger partial charge in [-0.25, -0.2) is 4.39 Å². The number of aryl methyl sites for hydroxylation is 1. The maximum atomic E-state index is 13.8. The summed E-state index contributed by atoms with van der Waals surface area (Å²) in [5.41, 5.74) is 7.66. The van der Waals surface area contributed by atoms with Gasteiger partial charge in [-0.1, -0.05) is 19.3 Å². The Kier molecular flexibility index (Phi) is 3.81. The summed E-state index contributed by atoms with van der Waals surface area (Å²) in [6.07, 6.45) is 6.13. The number of carbonyl (C=O) groups excluding carboxylic acids is 1. The maximum absolute atomic E-state index is 13.8. The van der Waals surface area contributed by atoms with Crippen LogP contribution in [0.25, 0.3) is 0 Å². The summed E-state index contributed by atoms with van der Waals surface area (Å²) in [7, 11) is 0. The van der Waals surface area contributed by atoms with E-state index in [0.29, 0.717) is 17.7 Å². The Bertz CT molecular complexity index is 450. The first-order valence-corrected chi connectivity index (χ1v) is 6.59. The van der Waals surface area contributed by atoms with Gasteiger partial charge in [-0.2, -0.15) is 0 Å². The van der Waals surface area contributed by atoms with Gasteiger partial charge in [0.2, 0.25) is 0 Å². The van der Waals surface area contributed by atoms with Crippen LogP contribution < -0.4 is 5.73 Å². The third-order valence-corrected chi connectivity index (χ3v) is 4.23. The van der Waals surface area contributed by atoms with Crippen molar-refractivity contribution < 1.29 is 9.18 Å². The predicted molar refractivity (Wildman–Crippen MR) is 70.3 cm³/mol. The standard InChI is InChI=1S/C15H20FNO/c1-11-7-12(9-18)13(8-14(11)16)15(10-17)5-3-2-4-6-15/h7-9H,2-6,10,17H2,1H3. The van der Waals surface area contributed by atoms with Gasteiger partial charge in [-0.3, -0.25) is 4.79 Å². The fourth-order valence-electron chi connectivity index (χ4n) is 3.07. The quantitative estimate of drug-likeness (QED) is 0.836. The molecule has 0 amide bonds. The van der Waals surface area contributed by atoms with Gasteiger partial charge in [0.05, 0.1) is 0 Å². The molecule has 0 unspecified atom stereocenters. The fourth-order valence-corrected chi connectivity index (χ4v) is 3.07. The van der Waals surface area contributed by atoms with E-state index in [4.69, 9.17) is 5.73 Å². The van der Waals surface area contributed by atoms with E-state index >= 15 is 0 Å². The third kappa shape index (κ3) is 2.19. The molecule has 3 heteroatoms. The Morgan fingerprint density at radius 1 is 1.33 bits per heavy atom. The van der Waals surface area contributed by atoms with Crippen molar-refractivity contribution >= 4 is 6.29 Å². The summed E-state index contributed by atoms with van der Waals surface area (Å²) in [5.74, 6) is -0.242. The van der Waals surface area contributed by atoms with Gasteiger partial charge >= 0.3 is 0 Å². The second kappa shape index (κ2) is 5.19. The van der Waals surface area contributed by atoms with Crippen LogP contribution in [0.15, 0.2) is 12.1 Å². The summed E-state index contributed by atoms with van der Waals surface area (Å²) in [5, 5.41) is 0. The Balaban J connectivity index is 2.53. The molecule has 0 aromatic heterocycles. The van der Waals surface area contributed by atoms with Crippen molar-refractivity contribution in [3.63, 3.8) is 0 Å². The lowest BCUT2D eigenvalue weighted by Gasteiger charge is -2.37. The number of hydrogen-bond donors (Lipinski definition) is 1. The van der Waals surface area contributed by atoms with Crippen LogP contribution in [0.3, 0.4) is 0 Å². The molecule has 0 radical (unpaired) electrons. The summed E-state index contributed by atoms with van der Waals surface area (Å²) in [6.45, 7) is 2.17. The molecule has 0 heterocycles. The normalized spacial score (nSPS) is 18.6. The van der Waals surface area contributed by atoms with E-state index in [9.17, 15) is 9.18 Å². The van der Waals surface area contributed by atoms with Crippen LogP contribution in [-0.2, 0) is 5.41 Å². The largest absolute Gasteiger partial charge is 0.330 e. The highest BCUT2D eigenvalue weighted by atomic mass is 19.1. The fraction of sp³-hybridized carbons (Fsp3) is 0.533. The number of halogens is 1. The molecule has 1 aromatic rings. The average Bonchev–Trinajstić information content (AvgIpc) is 2.42. The van der Waals surface area contributed by atoms with Gasteiger partial charge in [0, 0.05) is 17.5 Å². The predicted octanol–water partition coefficient (Wildman–Crippen LogP) is 3.11. The van der Waals surface area contributed by atoms with Crippen molar-refractivity contribution in [3.05, 3.63) is 34.6 Å². The highest BCUT2D eigenvalue weighted by molar-refractivity contribution is 5.78. The van der Waals surface area contributed by atoms with Crippen LogP contribution in [-0.4, -0.2) is 12.8 Å². The van der Waals surface area contributed by atoms with Crippen molar-refractivity contribution in [3.8, 4) is 0 Å². The monoisotopic (exact) mass is 249 g/mol. The molecule has 0 bridgehead atoms. The lowest BCUT2D eigenvalue weighted by molar-refractivity contribution is 0.112. The number of hydrogen-bond acceptors (Lipinski definition) is 2. The molecule has 1 fully saturated rings. The zero-order valence-corrected chi connectivity index (χ0v) is 10.8. The molecule has 1 aliphatic rings. The lowest BCUT2D eigenvalue weighted by Crippen LogP contribution is -2.38. The highest BCUT2D eigenvalue weighted by Gasteiger charge is 2.34. The van der Waals surface area contributed by atoms with Crippen molar-refractivity contribution in [2.45, 2.75) is 44.4 Å². The van der Waals surface area contributed by atoms with Crippen molar-refractivity contribution in [2.24, 2.45) is 5.73 Å². The Morgan fingerprint density at radius 3 is 2.56 bits per heavy atom. The van der Waals surface area contributed by atoms with E-state index in [1.165, 1.54) is 12.5 Å². The van der Waals surface area contributed by atoms with E-state index in [-0.39, 0.29) is 11.2 Å². The smallest absolute Gasteiger partial charge is 0.150 e. The Hall–Kier alpha value is -1.22. The van der Waals surface area contributed by atoms with E-state index in [1.807, 2.05) is 0 Å². The summed E-state index contributed by atoms with van der Waals surface area (Å²) < 4.78 is 13.8. The number of benzene rings is 1. The average molecular weight is 249 g/mol. The van der Waals surface area contributed by atoms with Crippen LogP contribution in [0.4, 0.5) is 4.39 Å². The molecule has 1 aliphatic carbocycles. The first kappa shape index (κ1) is 13.2. The Morgan fingerprint density at radius 2 is 2.00 bits per heavy atom. The minimum absolute atomic E-state index is 0.205. The minimum Gasteiger partial charge on any atom is -0.330 e. The molecular weight excluding hydrogens is 229 g/mol. The lowest BCUT2D eigenvalue weighted by atomic mass is 9.68. The molecular formula is C15H20FNO. The third-order valence-electron chi connectivity index (χ3n) is 4.23. The topological polar surface area (TPSA) is 43.1 Å². The zero-order valence-electron chi connectivity index (χ0n) is 10.8. The second-order valence-electron chi connectivity index (χ2n) is 5.35. The molecule has 1 aromatic carbocycles. The number of aldehydes is 1. The van der Waals surface area contributed by atoms with Crippen molar-refractivity contribution in [1.82, 2.24) is 0 Å². The molecule has 0 aliphatic heterocycles. The van der Waals surface area contributed by atoms with Crippen molar-refractivity contribution in [2.75, 3.05) is 6.54 Å². The second-order valence-corrected chi connectivity index (χ2v) is 5.35. The molecule has 2 rings (SSSR count). The highest BCUT2D eigenvalue weighted by Crippen LogP contribution is 2.40. The van der Waals surface area contributed by atoms with E-state index < -0.39 is 0 Å². The molecule has 18 heavy (non-hydrogen) atoms. The van der Waals surface area contributed by atoms with E-state index in [0.717, 1.165) is 37.5 Å². The first-order chi connectivity index (χ1) is 8.63. The molecule has 0 spiro atoms. The van der Waals surface area contributed by atoms with Crippen LogP contribution in [0.5, 0.6) is 0 Å². The van der Waals surface area contributed by atoms with Gasteiger partial charge in [-0.15, -0.1) is 0 Å². The van der Waals surface area contributed by atoms with Crippen molar-refractivity contribution in [1.29, 1.82) is 0 Å². The van der Waals surface area contributed by atoms with Crippen LogP contribution >= 0.6 is 0 Å². The van der Waals surface area contributed by atoms with Crippen LogP contribution in [0.2, 0.25) is 0 Å². The summed E-state index contributed by atoms with van der Waals surface area (Å²) in [6, 6.07) is 3.17. The van der Waals surface area contributed by atoms with Gasteiger partial charge < -0.3 is 5.73 Å². The maximum Gasteiger partial charge on any atom is 0.150 e. The van der Waals surface area contributed by atoms with Crippen LogP contribution in [0, 0.1) is 12.7 Å². The van der Waals surface area contributed by atoms with Gasteiger partial charge in [0.15, 0.2) is 0 Å². The molecule has 0 saturated heterocycles. The van der Waals surface area contributed by atoms with Gasteiger partial charge in [-0.05, 0) is 43.0 Å². The summed E-state index contributed by atoms with van der Waals surface area (Å²) in [4.78, 5) is 11.2. The van der Waals surface area contributed by atoms with Gasteiger partial charge in [0.25, 0.3) is 0 Å².